The zero-order valence-electron chi connectivity index (χ0n) is 13.7. The molecule has 0 radical (unpaired) electrons. The highest BCUT2D eigenvalue weighted by Gasteiger charge is 2.21. The lowest BCUT2D eigenvalue weighted by Crippen LogP contribution is -2.32. The van der Waals surface area contributed by atoms with Crippen molar-refractivity contribution in [3.63, 3.8) is 0 Å². The third-order valence-corrected chi connectivity index (χ3v) is 3.66. The number of hydrogen-bond acceptors (Lipinski definition) is 5. The van der Waals surface area contributed by atoms with Gasteiger partial charge in [-0.15, -0.1) is 0 Å². The molecule has 1 atom stereocenters. The van der Waals surface area contributed by atoms with Crippen LogP contribution in [0.4, 0.5) is 11.4 Å². The van der Waals surface area contributed by atoms with Gasteiger partial charge in [-0.2, -0.15) is 0 Å². The number of ether oxygens (including phenoxy) is 2. The van der Waals surface area contributed by atoms with E-state index in [2.05, 4.69) is 5.32 Å². The molecule has 7 nitrogen and oxygen atoms in total. The summed E-state index contributed by atoms with van der Waals surface area (Å²) in [5.74, 6) is 0.383. The van der Waals surface area contributed by atoms with Crippen LogP contribution in [0.25, 0.3) is 0 Å². The van der Waals surface area contributed by atoms with Gasteiger partial charge in [-0.1, -0.05) is 18.5 Å². The fraction of sp³-hybridized carbons (Fsp3) is 0.235. The lowest BCUT2D eigenvalue weighted by molar-refractivity contribution is -0.384. The number of methoxy groups -OCH3 is 1. The predicted molar refractivity (Wildman–Crippen MR) is 94.4 cm³/mol. The van der Waals surface area contributed by atoms with Crippen molar-refractivity contribution in [1.29, 1.82) is 0 Å². The first-order valence-corrected chi connectivity index (χ1v) is 7.88. The minimum Gasteiger partial charge on any atom is -0.495 e. The number of carbonyl (C=O) groups is 1. The Hall–Kier alpha value is -2.80. The van der Waals surface area contributed by atoms with Crippen molar-refractivity contribution >= 4 is 28.9 Å². The summed E-state index contributed by atoms with van der Waals surface area (Å²) >= 11 is 5.82. The maximum Gasteiger partial charge on any atom is 0.271 e. The molecule has 0 saturated carbocycles. The molecule has 0 heterocycles. The van der Waals surface area contributed by atoms with E-state index in [9.17, 15) is 14.9 Å². The Morgan fingerprint density at radius 1 is 1.28 bits per heavy atom. The molecular weight excluding hydrogens is 348 g/mol. The van der Waals surface area contributed by atoms with Crippen LogP contribution in [-0.2, 0) is 4.79 Å². The second-order valence-corrected chi connectivity index (χ2v) is 5.54. The summed E-state index contributed by atoms with van der Waals surface area (Å²) in [6.07, 6.45) is -0.365. The number of nitrogens with one attached hydrogen (secondary N) is 1. The molecule has 2 rings (SSSR count). The smallest absolute Gasteiger partial charge is 0.271 e. The number of hydrogen-bond donors (Lipinski definition) is 1. The molecule has 8 heteroatoms. The van der Waals surface area contributed by atoms with Crippen LogP contribution in [0.1, 0.15) is 13.3 Å². The van der Waals surface area contributed by atoms with Gasteiger partial charge in [-0.3, -0.25) is 14.9 Å². The first-order valence-electron chi connectivity index (χ1n) is 7.50. The normalized spacial score (nSPS) is 11.5. The summed E-state index contributed by atoms with van der Waals surface area (Å²) in [5.41, 5.74) is 0.0580. The number of benzene rings is 2. The number of anilines is 1. The van der Waals surface area contributed by atoms with E-state index >= 15 is 0 Å². The Morgan fingerprint density at radius 3 is 2.52 bits per heavy atom. The molecule has 0 aromatic heterocycles. The third-order valence-electron chi connectivity index (χ3n) is 3.41. The van der Waals surface area contributed by atoms with E-state index in [1.54, 1.807) is 31.2 Å². The largest absolute Gasteiger partial charge is 0.495 e. The fourth-order valence-electron chi connectivity index (χ4n) is 2.12. The Morgan fingerprint density at radius 2 is 1.96 bits per heavy atom. The van der Waals surface area contributed by atoms with Crippen LogP contribution in [0, 0.1) is 10.1 Å². The molecule has 25 heavy (non-hydrogen) atoms. The predicted octanol–water partition coefficient (Wildman–Crippen LogP) is 4.05. The zero-order valence-corrected chi connectivity index (χ0v) is 14.4. The van der Waals surface area contributed by atoms with Gasteiger partial charge in [0.15, 0.2) is 6.10 Å². The Kier molecular flexibility index (Phi) is 6.19. The third kappa shape index (κ3) is 4.84. The maximum atomic E-state index is 12.5. The fourth-order valence-corrected chi connectivity index (χ4v) is 2.25. The molecule has 1 N–H and O–H groups in total. The molecule has 0 bridgehead atoms. The van der Waals surface area contributed by atoms with Gasteiger partial charge in [0.2, 0.25) is 0 Å². The Bertz CT molecular complexity index is 764. The van der Waals surface area contributed by atoms with Crippen LogP contribution < -0.4 is 14.8 Å². The first-order chi connectivity index (χ1) is 11.9. The lowest BCUT2D eigenvalue weighted by atomic mass is 10.2. The van der Waals surface area contributed by atoms with Crippen molar-refractivity contribution in [2.75, 3.05) is 12.4 Å². The van der Waals surface area contributed by atoms with Gasteiger partial charge >= 0.3 is 0 Å². The lowest BCUT2D eigenvalue weighted by Gasteiger charge is -2.18. The van der Waals surface area contributed by atoms with E-state index in [1.807, 2.05) is 0 Å². The summed E-state index contributed by atoms with van der Waals surface area (Å²) < 4.78 is 10.8. The summed E-state index contributed by atoms with van der Waals surface area (Å²) in [4.78, 5) is 22.8. The van der Waals surface area contributed by atoms with Gasteiger partial charge in [0.1, 0.15) is 11.5 Å². The second kappa shape index (κ2) is 8.34. The summed E-state index contributed by atoms with van der Waals surface area (Å²) in [7, 11) is 1.42. The highest BCUT2D eigenvalue weighted by molar-refractivity contribution is 6.30. The molecule has 0 unspecified atom stereocenters. The first kappa shape index (κ1) is 18.5. The van der Waals surface area contributed by atoms with E-state index in [0.717, 1.165) is 0 Å². The number of carbonyl (C=O) groups excluding carboxylic acids is 1. The molecule has 0 saturated heterocycles. The van der Waals surface area contributed by atoms with E-state index in [-0.39, 0.29) is 11.4 Å². The van der Waals surface area contributed by atoms with Crippen molar-refractivity contribution in [1.82, 2.24) is 0 Å². The summed E-state index contributed by atoms with van der Waals surface area (Å²) in [5, 5.41) is 14.1. The summed E-state index contributed by atoms with van der Waals surface area (Å²) in [6, 6.07) is 10.6. The van der Waals surface area contributed by atoms with Gasteiger partial charge in [0.25, 0.3) is 11.6 Å². The second-order valence-electron chi connectivity index (χ2n) is 5.10. The van der Waals surface area contributed by atoms with E-state index in [0.29, 0.717) is 22.9 Å². The van der Waals surface area contributed by atoms with Gasteiger partial charge < -0.3 is 14.8 Å². The monoisotopic (exact) mass is 364 g/mol. The number of halogens is 1. The highest BCUT2D eigenvalue weighted by atomic mass is 35.5. The maximum absolute atomic E-state index is 12.5. The zero-order chi connectivity index (χ0) is 18.4. The molecule has 0 aliphatic rings. The van der Waals surface area contributed by atoms with Crippen molar-refractivity contribution < 1.29 is 19.2 Å². The van der Waals surface area contributed by atoms with Gasteiger partial charge in [0.05, 0.1) is 17.7 Å². The average Bonchev–Trinajstić information content (AvgIpc) is 2.60. The minimum absolute atomic E-state index is 0.150. The number of amides is 1. The Balaban J connectivity index is 2.17. The van der Waals surface area contributed by atoms with Gasteiger partial charge in [-0.05, 0) is 36.8 Å². The van der Waals surface area contributed by atoms with E-state index in [4.69, 9.17) is 21.1 Å². The van der Waals surface area contributed by atoms with Crippen molar-refractivity contribution in [2.45, 2.75) is 19.4 Å². The van der Waals surface area contributed by atoms with Crippen LogP contribution in [-0.4, -0.2) is 24.0 Å². The van der Waals surface area contributed by atoms with Crippen molar-refractivity contribution in [2.24, 2.45) is 0 Å². The topological polar surface area (TPSA) is 90.7 Å². The standard InChI is InChI=1S/C17H17ClN2O5/c1-3-15(25-13-7-4-11(18)5-8-13)17(21)19-14-10-12(20(22)23)6-9-16(14)24-2/h4-10,15H,3H2,1-2H3,(H,19,21)/t15-/m1/s1. The van der Waals surface area contributed by atoms with E-state index < -0.39 is 16.9 Å². The molecular formula is C17H17ClN2O5. The molecule has 0 spiro atoms. The summed E-state index contributed by atoms with van der Waals surface area (Å²) in [6.45, 7) is 1.80. The quantitative estimate of drug-likeness (QED) is 0.591. The van der Waals surface area contributed by atoms with Gasteiger partial charge in [0, 0.05) is 17.2 Å². The number of rotatable bonds is 7. The average molecular weight is 365 g/mol. The molecule has 0 fully saturated rings. The Labute approximate surface area is 149 Å². The van der Waals surface area contributed by atoms with E-state index in [1.165, 1.54) is 25.3 Å². The highest BCUT2D eigenvalue weighted by Crippen LogP contribution is 2.29. The number of nitro benzene ring substituents is 1. The molecule has 0 aliphatic heterocycles. The van der Waals surface area contributed by atoms with Gasteiger partial charge in [-0.25, -0.2) is 0 Å². The SMILES string of the molecule is CC[C@@H](Oc1ccc(Cl)cc1)C(=O)Nc1cc([N+](=O)[O-])ccc1OC. The number of nitrogens with zero attached hydrogens (tertiary/aromatic N) is 1. The van der Waals surface area contributed by atoms with Crippen molar-refractivity contribution in [3.8, 4) is 11.5 Å². The molecule has 1 amide bonds. The van der Waals surface area contributed by atoms with Crippen LogP contribution in [0.5, 0.6) is 11.5 Å². The van der Waals surface area contributed by atoms with Crippen LogP contribution in [0.15, 0.2) is 42.5 Å². The van der Waals surface area contributed by atoms with Crippen molar-refractivity contribution in [3.05, 3.63) is 57.6 Å². The van der Waals surface area contributed by atoms with Crippen LogP contribution in [0.2, 0.25) is 5.02 Å². The minimum atomic E-state index is -0.773. The molecule has 2 aromatic carbocycles. The molecule has 0 aliphatic carbocycles. The molecule has 132 valence electrons. The van der Waals surface area contributed by atoms with Crippen LogP contribution >= 0.6 is 11.6 Å². The molecule has 2 aromatic rings. The van der Waals surface area contributed by atoms with Crippen LogP contribution in [0.3, 0.4) is 0 Å². The number of non-ortho nitro benzene ring substituents is 1. The number of nitro groups is 1.